The van der Waals surface area contributed by atoms with Gasteiger partial charge in [-0.3, -0.25) is 4.79 Å². The lowest BCUT2D eigenvalue weighted by atomic mass is 10.0. The van der Waals surface area contributed by atoms with Crippen LogP contribution in [0, 0.1) is 0 Å². The molecule has 25 heavy (non-hydrogen) atoms. The summed E-state index contributed by atoms with van der Waals surface area (Å²) >= 11 is 0. The molecule has 0 saturated heterocycles. The van der Waals surface area contributed by atoms with Crippen molar-refractivity contribution in [2.75, 3.05) is 6.61 Å². The second-order valence-electron chi connectivity index (χ2n) is 5.34. The van der Waals surface area contributed by atoms with E-state index in [0.29, 0.717) is 0 Å². The third kappa shape index (κ3) is 4.41. The lowest BCUT2D eigenvalue weighted by Crippen LogP contribution is -2.29. The van der Waals surface area contributed by atoms with Crippen LogP contribution in [0.3, 0.4) is 0 Å². The van der Waals surface area contributed by atoms with E-state index in [0.717, 1.165) is 11.6 Å². The third-order valence-corrected chi connectivity index (χ3v) is 3.50. The van der Waals surface area contributed by atoms with E-state index < -0.39 is 17.5 Å². The van der Waals surface area contributed by atoms with Gasteiger partial charge in [-0.1, -0.05) is 36.4 Å². The fourth-order valence-corrected chi connectivity index (χ4v) is 2.19. The standard InChI is InChI=1S/C19H18F2O4/c1-3-24-18(23)19(20,21)16-10-9-15(13(2)22)11-17(16)25-12-14-7-5-4-6-8-14/h4-11H,3,12H2,1-2H3. The number of esters is 1. The van der Waals surface area contributed by atoms with Gasteiger partial charge in [0.1, 0.15) is 12.4 Å². The fraction of sp³-hybridized carbons (Fsp3) is 0.263. The van der Waals surface area contributed by atoms with Gasteiger partial charge in [0.2, 0.25) is 0 Å². The lowest BCUT2D eigenvalue weighted by Gasteiger charge is -2.19. The van der Waals surface area contributed by atoms with E-state index in [4.69, 9.17) is 4.74 Å². The number of halogens is 2. The minimum absolute atomic E-state index is 0.0219. The Kier molecular flexibility index (Phi) is 5.85. The maximum Gasteiger partial charge on any atom is 0.382 e. The molecule has 0 bridgehead atoms. The highest BCUT2D eigenvalue weighted by Crippen LogP contribution is 2.37. The highest BCUT2D eigenvalue weighted by atomic mass is 19.3. The molecule has 0 aromatic heterocycles. The molecule has 0 saturated carbocycles. The zero-order chi connectivity index (χ0) is 18.4. The second-order valence-corrected chi connectivity index (χ2v) is 5.34. The molecule has 2 aromatic carbocycles. The molecule has 0 atom stereocenters. The summed E-state index contributed by atoms with van der Waals surface area (Å²) in [5.41, 5.74) is 0.347. The normalized spacial score (nSPS) is 11.0. The minimum Gasteiger partial charge on any atom is -0.488 e. The number of Topliss-reactive ketones (excluding diaryl/α,β-unsaturated/α-hetero) is 1. The average molecular weight is 348 g/mol. The maximum absolute atomic E-state index is 14.4. The molecular weight excluding hydrogens is 330 g/mol. The molecule has 4 nitrogen and oxygen atoms in total. The van der Waals surface area contributed by atoms with Gasteiger partial charge in [0.05, 0.1) is 12.2 Å². The van der Waals surface area contributed by atoms with Crippen LogP contribution < -0.4 is 4.74 Å². The van der Waals surface area contributed by atoms with Crippen molar-refractivity contribution in [3.8, 4) is 5.75 Å². The van der Waals surface area contributed by atoms with Crippen molar-refractivity contribution in [1.29, 1.82) is 0 Å². The van der Waals surface area contributed by atoms with Crippen molar-refractivity contribution in [1.82, 2.24) is 0 Å². The Morgan fingerprint density at radius 1 is 1.08 bits per heavy atom. The predicted octanol–water partition coefficient (Wildman–Crippen LogP) is 4.12. The molecule has 2 aromatic rings. The van der Waals surface area contributed by atoms with E-state index in [-0.39, 0.29) is 30.3 Å². The van der Waals surface area contributed by atoms with Gasteiger partial charge >= 0.3 is 11.9 Å². The molecule has 0 radical (unpaired) electrons. The molecule has 0 aliphatic carbocycles. The van der Waals surface area contributed by atoms with Crippen molar-refractivity contribution >= 4 is 11.8 Å². The Hall–Kier alpha value is -2.76. The number of ketones is 1. The van der Waals surface area contributed by atoms with Crippen LogP contribution in [0.1, 0.15) is 35.3 Å². The molecule has 0 spiro atoms. The molecule has 0 fully saturated rings. The van der Waals surface area contributed by atoms with E-state index in [1.165, 1.54) is 26.0 Å². The topological polar surface area (TPSA) is 52.6 Å². The first-order valence-electron chi connectivity index (χ1n) is 7.73. The number of hydrogen-bond donors (Lipinski definition) is 0. The molecule has 6 heteroatoms. The Balaban J connectivity index is 2.38. The lowest BCUT2D eigenvalue weighted by molar-refractivity contribution is -0.173. The number of rotatable bonds is 7. The van der Waals surface area contributed by atoms with Crippen molar-refractivity contribution in [3.05, 3.63) is 65.2 Å². The van der Waals surface area contributed by atoms with E-state index in [1.807, 2.05) is 6.07 Å². The quantitative estimate of drug-likeness (QED) is 0.558. The summed E-state index contributed by atoms with van der Waals surface area (Å²) in [5.74, 6) is -6.06. The van der Waals surface area contributed by atoms with Crippen LogP contribution in [0.5, 0.6) is 5.75 Å². The van der Waals surface area contributed by atoms with Crippen LogP contribution in [0.4, 0.5) is 8.78 Å². The summed E-state index contributed by atoms with van der Waals surface area (Å²) in [6.07, 6.45) is 0. The summed E-state index contributed by atoms with van der Waals surface area (Å²) in [7, 11) is 0. The highest BCUT2D eigenvalue weighted by molar-refractivity contribution is 5.95. The van der Waals surface area contributed by atoms with E-state index in [9.17, 15) is 18.4 Å². The van der Waals surface area contributed by atoms with Crippen LogP contribution >= 0.6 is 0 Å². The Bertz CT molecular complexity index is 757. The van der Waals surface area contributed by atoms with Gasteiger partial charge in [-0.05, 0) is 31.5 Å². The van der Waals surface area contributed by atoms with Crippen molar-refractivity contribution in [2.45, 2.75) is 26.4 Å². The molecule has 0 N–H and O–H groups in total. The highest BCUT2D eigenvalue weighted by Gasteiger charge is 2.45. The number of alkyl halides is 2. The van der Waals surface area contributed by atoms with E-state index in [2.05, 4.69) is 4.74 Å². The van der Waals surface area contributed by atoms with E-state index >= 15 is 0 Å². The summed E-state index contributed by atoms with van der Waals surface area (Å²) in [4.78, 5) is 23.2. The molecule has 132 valence electrons. The van der Waals surface area contributed by atoms with Gasteiger partial charge in [-0.25, -0.2) is 4.79 Å². The number of carbonyl (C=O) groups excluding carboxylic acids is 2. The van der Waals surface area contributed by atoms with Crippen LogP contribution in [-0.4, -0.2) is 18.4 Å². The van der Waals surface area contributed by atoms with Gasteiger partial charge in [0.15, 0.2) is 5.78 Å². The predicted molar refractivity (Wildman–Crippen MR) is 87.7 cm³/mol. The van der Waals surface area contributed by atoms with Gasteiger partial charge in [-0.15, -0.1) is 0 Å². The number of ether oxygens (including phenoxy) is 2. The molecular formula is C19H18F2O4. The van der Waals surface area contributed by atoms with Crippen molar-refractivity contribution in [3.63, 3.8) is 0 Å². The first kappa shape index (κ1) is 18.6. The molecule has 0 amide bonds. The van der Waals surface area contributed by atoms with E-state index in [1.54, 1.807) is 24.3 Å². The SMILES string of the molecule is CCOC(=O)C(F)(F)c1ccc(C(C)=O)cc1OCc1ccccc1. The van der Waals surface area contributed by atoms with Crippen molar-refractivity contribution < 1.29 is 27.8 Å². The van der Waals surface area contributed by atoms with Crippen LogP contribution in [-0.2, 0) is 22.1 Å². The Labute approximate surface area is 144 Å². The van der Waals surface area contributed by atoms with Gasteiger partial charge in [-0.2, -0.15) is 8.78 Å². The zero-order valence-corrected chi connectivity index (χ0v) is 13.9. The summed E-state index contributed by atoms with van der Waals surface area (Å²) in [6.45, 7) is 2.62. The Morgan fingerprint density at radius 2 is 1.76 bits per heavy atom. The zero-order valence-electron chi connectivity index (χ0n) is 13.9. The largest absolute Gasteiger partial charge is 0.488 e. The number of hydrogen-bond acceptors (Lipinski definition) is 4. The first-order valence-corrected chi connectivity index (χ1v) is 7.73. The van der Waals surface area contributed by atoms with Crippen LogP contribution in [0.25, 0.3) is 0 Å². The monoisotopic (exact) mass is 348 g/mol. The van der Waals surface area contributed by atoms with Gasteiger partial charge in [0, 0.05) is 5.56 Å². The summed E-state index contributed by atoms with van der Waals surface area (Å²) < 4.78 is 38.8. The molecule has 0 heterocycles. The second kappa shape index (κ2) is 7.88. The minimum atomic E-state index is -3.88. The first-order chi connectivity index (χ1) is 11.9. The summed E-state index contributed by atoms with van der Waals surface area (Å²) in [6, 6.07) is 12.4. The van der Waals surface area contributed by atoms with Crippen LogP contribution in [0.2, 0.25) is 0 Å². The van der Waals surface area contributed by atoms with Crippen molar-refractivity contribution in [2.24, 2.45) is 0 Å². The molecule has 0 aliphatic rings. The molecule has 2 rings (SSSR count). The third-order valence-electron chi connectivity index (χ3n) is 3.50. The average Bonchev–Trinajstić information content (AvgIpc) is 2.60. The van der Waals surface area contributed by atoms with Gasteiger partial charge in [0.25, 0.3) is 0 Å². The Morgan fingerprint density at radius 3 is 2.36 bits per heavy atom. The number of benzene rings is 2. The summed E-state index contributed by atoms with van der Waals surface area (Å²) in [5, 5.41) is 0. The maximum atomic E-state index is 14.4. The molecule has 0 unspecified atom stereocenters. The van der Waals surface area contributed by atoms with Crippen LogP contribution in [0.15, 0.2) is 48.5 Å². The van der Waals surface area contributed by atoms with Gasteiger partial charge < -0.3 is 9.47 Å². The number of carbonyl (C=O) groups is 2. The smallest absolute Gasteiger partial charge is 0.382 e. The molecule has 0 aliphatic heterocycles. The fourth-order valence-electron chi connectivity index (χ4n) is 2.19.